The smallest absolute Gasteiger partial charge is 0.146 e. The number of amidine groups is 1. The molecule has 0 atom stereocenters. The molecule has 166 valence electrons. The first-order chi connectivity index (χ1) is 16.3. The summed E-state index contributed by atoms with van der Waals surface area (Å²) in [4.78, 5) is 15.3. The van der Waals surface area contributed by atoms with Gasteiger partial charge in [-0.2, -0.15) is 0 Å². The number of nitrogens with zero attached hydrogens (tertiary/aromatic N) is 4. The molecule has 1 aliphatic rings. The van der Waals surface area contributed by atoms with Crippen LogP contribution >= 0.6 is 11.3 Å². The van der Waals surface area contributed by atoms with Gasteiger partial charge in [-0.15, -0.1) is 0 Å². The van der Waals surface area contributed by atoms with E-state index in [0.29, 0.717) is 0 Å². The number of piperazine rings is 1. The summed E-state index contributed by atoms with van der Waals surface area (Å²) in [6.45, 7) is 7.41. The number of thiazole rings is 1. The number of hydrogen-bond acceptors (Lipinski definition) is 4. The molecule has 1 aliphatic heterocycles. The Hall–Kier alpha value is -3.28. The van der Waals surface area contributed by atoms with E-state index in [1.165, 1.54) is 0 Å². The van der Waals surface area contributed by atoms with Crippen LogP contribution in [0.1, 0.15) is 12.5 Å². The summed E-state index contributed by atoms with van der Waals surface area (Å²) in [5, 5.41) is 1.95. The van der Waals surface area contributed by atoms with Crippen molar-refractivity contribution < 1.29 is 0 Å². The number of aromatic nitrogens is 1. The fourth-order valence-corrected chi connectivity index (χ4v) is 5.12. The SMILES string of the molecule is CCN1CCN(/C(=N\c2sc(-c3ccccc3)nc2-c2ccccc2)c2ccccc2)CC1. The summed E-state index contributed by atoms with van der Waals surface area (Å²) in [5.74, 6) is 1.03. The van der Waals surface area contributed by atoms with Gasteiger partial charge in [0.05, 0.1) is 0 Å². The van der Waals surface area contributed by atoms with Crippen LogP contribution in [0.25, 0.3) is 21.8 Å². The number of aliphatic imine (C=N–C) groups is 1. The maximum atomic E-state index is 5.31. The van der Waals surface area contributed by atoms with E-state index < -0.39 is 0 Å². The maximum absolute atomic E-state index is 5.31. The Kier molecular flexibility index (Phi) is 6.61. The summed E-state index contributed by atoms with van der Waals surface area (Å²) < 4.78 is 0. The van der Waals surface area contributed by atoms with Crippen LogP contribution in [-0.4, -0.2) is 53.3 Å². The lowest BCUT2D eigenvalue weighted by Crippen LogP contribution is -2.48. The first-order valence-corrected chi connectivity index (χ1v) is 12.4. The molecule has 4 nitrogen and oxygen atoms in total. The van der Waals surface area contributed by atoms with Gasteiger partial charge >= 0.3 is 0 Å². The Balaban J connectivity index is 1.61. The third kappa shape index (κ3) is 4.90. The highest BCUT2D eigenvalue weighted by atomic mass is 32.1. The van der Waals surface area contributed by atoms with Crippen molar-refractivity contribution in [2.24, 2.45) is 4.99 Å². The molecular weight excluding hydrogens is 424 g/mol. The predicted molar refractivity (Wildman–Crippen MR) is 139 cm³/mol. The maximum Gasteiger partial charge on any atom is 0.146 e. The lowest BCUT2D eigenvalue weighted by Gasteiger charge is -2.36. The minimum absolute atomic E-state index is 0.945. The van der Waals surface area contributed by atoms with Crippen LogP contribution in [0.5, 0.6) is 0 Å². The van der Waals surface area contributed by atoms with E-state index >= 15 is 0 Å². The second-order valence-electron chi connectivity index (χ2n) is 8.13. The van der Waals surface area contributed by atoms with Gasteiger partial charge in [0.2, 0.25) is 0 Å². The van der Waals surface area contributed by atoms with Gasteiger partial charge in [-0.25, -0.2) is 9.98 Å². The van der Waals surface area contributed by atoms with E-state index in [2.05, 4.69) is 95.6 Å². The molecule has 2 heterocycles. The van der Waals surface area contributed by atoms with Gasteiger partial charge < -0.3 is 9.80 Å². The van der Waals surface area contributed by atoms with Crippen LogP contribution in [0.15, 0.2) is 96.0 Å². The Bertz CT molecular complexity index is 1190. The van der Waals surface area contributed by atoms with Crippen molar-refractivity contribution in [3.8, 4) is 21.8 Å². The highest BCUT2D eigenvalue weighted by Gasteiger charge is 2.22. The molecule has 5 rings (SSSR count). The average molecular weight is 453 g/mol. The van der Waals surface area contributed by atoms with Gasteiger partial charge in [0, 0.05) is 42.9 Å². The molecule has 3 aromatic carbocycles. The van der Waals surface area contributed by atoms with E-state index in [-0.39, 0.29) is 0 Å². The Morgan fingerprint density at radius 2 is 1.36 bits per heavy atom. The Labute approximate surface area is 199 Å². The molecule has 0 unspecified atom stereocenters. The normalized spacial score (nSPS) is 15.1. The molecule has 0 radical (unpaired) electrons. The molecule has 5 heteroatoms. The van der Waals surface area contributed by atoms with E-state index in [4.69, 9.17) is 9.98 Å². The lowest BCUT2D eigenvalue weighted by molar-refractivity contribution is 0.190. The first kappa shape index (κ1) is 21.6. The van der Waals surface area contributed by atoms with Gasteiger partial charge in [0.1, 0.15) is 21.5 Å². The molecule has 4 aromatic rings. The van der Waals surface area contributed by atoms with Gasteiger partial charge in [-0.05, 0) is 6.54 Å². The fraction of sp³-hybridized carbons (Fsp3) is 0.214. The van der Waals surface area contributed by atoms with Gasteiger partial charge in [0.25, 0.3) is 0 Å². The monoisotopic (exact) mass is 452 g/mol. The molecular formula is C28H28N4S. The summed E-state index contributed by atoms with van der Waals surface area (Å²) in [5.41, 5.74) is 4.31. The number of benzene rings is 3. The zero-order valence-corrected chi connectivity index (χ0v) is 19.7. The van der Waals surface area contributed by atoms with E-state index in [9.17, 15) is 0 Å². The van der Waals surface area contributed by atoms with Crippen LogP contribution in [0, 0.1) is 0 Å². The zero-order chi connectivity index (χ0) is 22.5. The Morgan fingerprint density at radius 1 is 0.788 bits per heavy atom. The molecule has 0 bridgehead atoms. The second-order valence-corrected chi connectivity index (χ2v) is 9.11. The highest BCUT2D eigenvalue weighted by Crippen LogP contribution is 2.40. The van der Waals surface area contributed by atoms with Crippen LogP contribution in [0.4, 0.5) is 5.00 Å². The molecule has 0 amide bonds. The van der Waals surface area contributed by atoms with Crippen molar-refractivity contribution in [1.29, 1.82) is 0 Å². The number of likely N-dealkylation sites (N-methyl/N-ethyl adjacent to an activating group) is 1. The average Bonchev–Trinajstić information content (AvgIpc) is 3.33. The molecule has 0 N–H and O–H groups in total. The summed E-state index contributed by atoms with van der Waals surface area (Å²) >= 11 is 1.66. The van der Waals surface area contributed by atoms with Crippen molar-refractivity contribution in [2.75, 3.05) is 32.7 Å². The highest BCUT2D eigenvalue weighted by molar-refractivity contribution is 7.19. The van der Waals surface area contributed by atoms with Gasteiger partial charge in [-0.3, -0.25) is 0 Å². The van der Waals surface area contributed by atoms with E-state index in [0.717, 1.165) is 71.0 Å². The molecule has 1 aromatic heterocycles. The number of rotatable bonds is 5. The minimum Gasteiger partial charge on any atom is -0.354 e. The van der Waals surface area contributed by atoms with E-state index in [1.54, 1.807) is 11.3 Å². The third-order valence-corrected chi connectivity index (χ3v) is 7.03. The Morgan fingerprint density at radius 3 is 1.97 bits per heavy atom. The zero-order valence-electron chi connectivity index (χ0n) is 18.9. The molecule has 1 saturated heterocycles. The van der Waals surface area contributed by atoms with Crippen molar-refractivity contribution >= 4 is 22.2 Å². The second kappa shape index (κ2) is 10.1. The van der Waals surface area contributed by atoms with Crippen molar-refractivity contribution in [1.82, 2.24) is 14.8 Å². The predicted octanol–water partition coefficient (Wildman–Crippen LogP) is 6.19. The van der Waals surface area contributed by atoms with Gasteiger partial charge in [0.15, 0.2) is 0 Å². The molecule has 0 spiro atoms. The minimum atomic E-state index is 0.945. The van der Waals surface area contributed by atoms with Crippen molar-refractivity contribution in [2.45, 2.75) is 6.92 Å². The molecule has 1 fully saturated rings. The molecule has 0 saturated carbocycles. The lowest BCUT2D eigenvalue weighted by atomic mass is 10.1. The quantitative estimate of drug-likeness (QED) is 0.267. The van der Waals surface area contributed by atoms with Crippen LogP contribution < -0.4 is 0 Å². The van der Waals surface area contributed by atoms with E-state index in [1.807, 2.05) is 12.1 Å². The summed E-state index contributed by atoms with van der Waals surface area (Å²) in [6.07, 6.45) is 0. The molecule has 0 aliphatic carbocycles. The van der Waals surface area contributed by atoms with Gasteiger partial charge in [-0.1, -0.05) is 109 Å². The van der Waals surface area contributed by atoms with Crippen LogP contribution in [-0.2, 0) is 0 Å². The first-order valence-electron chi connectivity index (χ1n) is 11.5. The fourth-order valence-electron chi connectivity index (χ4n) is 4.15. The topological polar surface area (TPSA) is 31.7 Å². The standard InChI is InChI=1S/C28H28N4S/c1-2-31-18-20-32(21-19-31)26(23-14-8-4-9-15-23)30-28-25(22-12-6-3-7-13-22)29-27(33-28)24-16-10-5-11-17-24/h3-17H,2,18-21H2,1H3/b30-26-. The summed E-state index contributed by atoms with van der Waals surface area (Å²) in [6, 6.07) is 31.3. The van der Waals surface area contributed by atoms with Crippen molar-refractivity contribution in [3.05, 3.63) is 96.6 Å². The third-order valence-electron chi connectivity index (χ3n) is 6.04. The number of hydrogen-bond donors (Lipinski definition) is 0. The van der Waals surface area contributed by atoms with Crippen LogP contribution in [0.2, 0.25) is 0 Å². The largest absolute Gasteiger partial charge is 0.354 e. The summed E-state index contributed by atoms with van der Waals surface area (Å²) in [7, 11) is 0. The van der Waals surface area contributed by atoms with Crippen LogP contribution in [0.3, 0.4) is 0 Å². The molecule has 33 heavy (non-hydrogen) atoms. The van der Waals surface area contributed by atoms with Crippen molar-refractivity contribution in [3.63, 3.8) is 0 Å².